The summed E-state index contributed by atoms with van der Waals surface area (Å²) in [6, 6.07) is 17.0. The van der Waals surface area contributed by atoms with Gasteiger partial charge in [-0.1, -0.05) is 67.2 Å². The molecule has 0 aliphatic carbocycles. The van der Waals surface area contributed by atoms with Crippen molar-refractivity contribution in [3.8, 4) is 23.3 Å². The van der Waals surface area contributed by atoms with Crippen molar-refractivity contribution < 1.29 is 109 Å². The minimum atomic E-state index is -5.80. The van der Waals surface area contributed by atoms with Crippen LogP contribution in [0.2, 0.25) is 0 Å². The van der Waals surface area contributed by atoms with Crippen molar-refractivity contribution >= 4 is 113 Å². The van der Waals surface area contributed by atoms with Crippen molar-refractivity contribution in [3.63, 3.8) is 0 Å². The molecule has 1 saturated heterocycles. The van der Waals surface area contributed by atoms with Gasteiger partial charge in [0.2, 0.25) is 17.2 Å². The Morgan fingerprint density at radius 3 is 2.40 bits per heavy atom. The van der Waals surface area contributed by atoms with E-state index in [4.69, 9.17) is 53.9 Å². The van der Waals surface area contributed by atoms with Crippen LogP contribution in [-0.2, 0) is 131 Å². The molecule has 7 aliphatic heterocycles. The molecule has 5 unspecified atom stereocenters. The van der Waals surface area contributed by atoms with Crippen molar-refractivity contribution in [2.75, 3.05) is 94.8 Å². The monoisotopic (exact) mass is 1650 g/mol. The summed E-state index contributed by atoms with van der Waals surface area (Å²) in [7, 11) is -14.6. The van der Waals surface area contributed by atoms with Crippen molar-refractivity contribution in [3.05, 3.63) is 139 Å². The van der Waals surface area contributed by atoms with Crippen LogP contribution in [0.4, 0.5) is 10.5 Å². The maximum absolute atomic E-state index is 14.1. The molecule has 0 saturated carbocycles. The maximum atomic E-state index is 14.1. The van der Waals surface area contributed by atoms with Gasteiger partial charge in [-0.15, -0.1) is 5.10 Å². The molecule has 32 nitrogen and oxygen atoms in total. The van der Waals surface area contributed by atoms with Crippen LogP contribution in [0.15, 0.2) is 77.3 Å². The number of aryl methyl sites for hydroxylation is 3. The number of fused-ring (bicyclic) bond motifs is 4. The molecular weight excluding hydrogens is 1570 g/mol. The van der Waals surface area contributed by atoms with Gasteiger partial charge in [0.1, 0.15) is 42.3 Å². The number of amides is 5. The molecule has 5 aromatic rings. The number of unbranched alkanes of at least 4 members (excludes halogenated alkanes) is 1. The predicted molar refractivity (Wildman–Crippen MR) is 407 cm³/mol. The second-order valence-electron chi connectivity index (χ2n) is 26.7. The Labute approximate surface area is 647 Å². The highest BCUT2D eigenvalue weighted by Gasteiger charge is 2.47. The lowest BCUT2D eigenvalue weighted by atomic mass is 9.81. The molecule has 7 atom stereocenters. The molecule has 12 rings (SSSR count). The molecule has 39 heteroatoms. The fourth-order valence-corrected chi connectivity index (χ4v) is 19.6. The van der Waals surface area contributed by atoms with Crippen LogP contribution in [-0.4, -0.2) is 184 Å². The number of benzene rings is 4. The van der Waals surface area contributed by atoms with E-state index >= 15 is 0 Å². The highest BCUT2D eigenvalue weighted by Crippen LogP contribution is 2.66. The third-order valence-corrected chi connectivity index (χ3v) is 27.0. The molecular formula is C71H85N9O23P3S4+. The highest BCUT2D eigenvalue weighted by atomic mass is 33.1. The van der Waals surface area contributed by atoms with E-state index in [1.807, 2.05) is 31.2 Å². The van der Waals surface area contributed by atoms with Crippen LogP contribution in [0.5, 0.6) is 11.5 Å². The van der Waals surface area contributed by atoms with Gasteiger partial charge in [-0.05, 0) is 140 Å². The molecule has 590 valence electrons. The number of rotatable bonds is 36. The molecule has 5 amide bonds. The van der Waals surface area contributed by atoms with Crippen LogP contribution in [0.1, 0.15) is 124 Å². The zero-order valence-corrected chi connectivity index (χ0v) is 65.9. The van der Waals surface area contributed by atoms with E-state index < -0.39 is 87.6 Å². The van der Waals surface area contributed by atoms with Crippen LogP contribution >= 0.6 is 45.1 Å². The summed E-state index contributed by atoms with van der Waals surface area (Å²) >= 11 is 5.33. The van der Waals surface area contributed by atoms with E-state index in [1.54, 1.807) is 29.1 Å². The smallest absolute Gasteiger partial charge is 0.478 e. The topological polar surface area (TPSA) is 423 Å². The molecule has 9 N–H and O–H groups in total. The number of carboxylic acids is 1. The quantitative estimate of drug-likeness (QED) is 0.00447. The predicted octanol–water partition coefficient (Wildman–Crippen LogP) is 5.47. The van der Waals surface area contributed by atoms with Crippen LogP contribution in [0.3, 0.4) is 0 Å². The highest BCUT2D eigenvalue weighted by molar-refractivity contribution is 8.76. The van der Waals surface area contributed by atoms with Gasteiger partial charge in [0, 0.05) is 102 Å². The molecule has 0 spiro atoms. The summed E-state index contributed by atoms with van der Waals surface area (Å²) < 4.78 is 87.5. The molecule has 7 aliphatic rings. The normalized spacial score (nSPS) is 19.7. The fraction of sp³-hybridized carbons (Fsp3) is 0.479. The SMILES string of the molecule is CCS(=S)COC1C[C@H](C2C=C(C#CCNC(=O)OCCCCOCSSc3ccc(CC(=O)NCCOCCCn4cc(CNC(=O)c5ccc(C(=O)O)c(C6=c7cc8c9c(c7Oc7c6cc6c%10c7CCCN%10CCC6)CCC[N+]=9CCC8)c5)nn4)cc3)C(=O)NC2=O)O[C@@H]1COP(=O)(O)OP(=O)(O)OP(=O)(O)O. The van der Waals surface area contributed by atoms with E-state index in [0.717, 1.165) is 116 Å². The number of aromatic nitrogens is 3. The van der Waals surface area contributed by atoms with Gasteiger partial charge in [0.15, 0.2) is 0 Å². The lowest BCUT2D eigenvalue weighted by Gasteiger charge is -2.39. The first-order valence-electron chi connectivity index (χ1n) is 36.0. The lowest BCUT2D eigenvalue weighted by molar-refractivity contribution is -0.134. The first-order chi connectivity index (χ1) is 52.9. The molecule has 1 aromatic heterocycles. The van der Waals surface area contributed by atoms with Gasteiger partial charge in [0.05, 0.1) is 86.3 Å². The molecule has 8 heterocycles. The third-order valence-electron chi connectivity index (χ3n) is 19.1. The van der Waals surface area contributed by atoms with Gasteiger partial charge in [-0.3, -0.25) is 33.7 Å². The van der Waals surface area contributed by atoms with Crippen molar-refractivity contribution in [2.45, 2.75) is 127 Å². The van der Waals surface area contributed by atoms with Crippen molar-refractivity contribution in [1.82, 2.24) is 40.8 Å². The zero-order valence-electron chi connectivity index (χ0n) is 60.0. The molecule has 110 heavy (non-hydrogen) atoms. The summed E-state index contributed by atoms with van der Waals surface area (Å²) in [4.78, 5) is 119. The van der Waals surface area contributed by atoms with Gasteiger partial charge in [0.25, 0.3) is 11.8 Å². The largest absolute Gasteiger partial charge is 0.490 e. The number of carbonyl (C=O) groups is 6. The van der Waals surface area contributed by atoms with Gasteiger partial charge in [-0.2, -0.15) is 8.62 Å². The number of imide groups is 1. The summed E-state index contributed by atoms with van der Waals surface area (Å²) in [5, 5.41) is 32.1. The lowest BCUT2D eigenvalue weighted by Crippen LogP contribution is -2.45. The number of nitrogens with zero attached hydrogens (tertiary/aromatic N) is 5. The third kappa shape index (κ3) is 21.6. The van der Waals surface area contributed by atoms with E-state index in [1.165, 1.54) is 61.0 Å². The van der Waals surface area contributed by atoms with Crippen molar-refractivity contribution in [1.29, 1.82) is 0 Å². The number of aromatic carboxylic acids is 1. The van der Waals surface area contributed by atoms with Gasteiger partial charge in [-0.25, -0.2) is 27.9 Å². The number of anilines is 1. The Morgan fingerprint density at radius 2 is 1.61 bits per heavy atom. The van der Waals surface area contributed by atoms with Crippen LogP contribution in [0.25, 0.3) is 5.57 Å². The molecule has 4 aromatic carbocycles. The number of phosphoric acid groups is 3. The summed E-state index contributed by atoms with van der Waals surface area (Å²) in [6.45, 7) is 6.96. The second kappa shape index (κ2) is 37.7. The van der Waals surface area contributed by atoms with Crippen LogP contribution < -0.4 is 46.1 Å². The Hall–Kier alpha value is -7.07. The van der Waals surface area contributed by atoms with E-state index in [9.17, 15) is 57.4 Å². The average Bonchev–Trinajstić information content (AvgIpc) is 0.814. The minimum absolute atomic E-state index is 0.0330. The Balaban J connectivity index is 0.510. The van der Waals surface area contributed by atoms with Crippen LogP contribution in [0, 0.1) is 17.8 Å². The number of hydrogen-bond donors (Lipinski definition) is 9. The summed E-state index contributed by atoms with van der Waals surface area (Å²) in [5.41, 5.74) is 10.0. The zero-order chi connectivity index (χ0) is 77.7. The van der Waals surface area contributed by atoms with Gasteiger partial charge >= 0.3 is 35.5 Å². The van der Waals surface area contributed by atoms with Crippen molar-refractivity contribution in [2.24, 2.45) is 5.92 Å². The Bertz CT molecular complexity index is 4760. The van der Waals surface area contributed by atoms with Gasteiger partial charge < -0.3 is 74.0 Å². The van der Waals surface area contributed by atoms with E-state index in [2.05, 4.69) is 73.6 Å². The van der Waals surface area contributed by atoms with E-state index in [-0.39, 0.29) is 61.4 Å². The fourth-order valence-electron chi connectivity index (χ4n) is 14.2. The number of ether oxygens (including phenoxy) is 6. The minimum Gasteiger partial charge on any atom is -0.478 e. The number of carbonyl (C=O) groups excluding carboxylic acids is 5. The number of hydrogen-bond acceptors (Lipinski definition) is 24. The average molecular weight is 1650 g/mol. The Kier molecular flexibility index (Phi) is 28.2. The van der Waals surface area contributed by atoms with E-state index in [0.29, 0.717) is 80.7 Å². The first-order valence-corrected chi connectivity index (χ1v) is 45.3. The molecule has 0 bridgehead atoms. The standard InChI is InChI=1S/C71H84N9O23P3S4/c1-2-110(107)43-98-59-38-58(100-60(59)41-99-105(91,92)103-106(93,94)102-104(88,89)90)55-37-47(68(83)75-69(55)84)11-5-22-73-71(87)97-31-4-3-29-96-42-108-109-50-19-16-44(17-20-50)33-61(81)72-23-32-95-30-10-28-80-40-49(76-77-80)39-74-67(82)48-18-21-51(70(85)86)54(36-48)62-56-34-45-12-6-24-78-26-8-14-52(63(45)78)65(56)101-66-53-15-9-27-79-25-7-13-46(64(53)79)35-57(62)66/h16-21,34-37,40,55,58-60H,2-4,6-10,12-15,22-33,38-39,41-43H2,1H3,(H8-,72,73,74,75,81,82,83,84,85,86,87,88,89,90,91,92,93,94)/p+1/t55?,58-,59?,60-,110?/m1/s1. The summed E-state index contributed by atoms with van der Waals surface area (Å²) in [6.07, 6.45) is 8.67. The number of nitrogens with one attached hydrogen (secondary N) is 4. The summed E-state index contributed by atoms with van der Waals surface area (Å²) in [5.74, 6) is 3.54. The Morgan fingerprint density at radius 1 is 0.845 bits per heavy atom. The second-order valence-corrected chi connectivity index (χ2v) is 36.6. The first kappa shape index (κ1) is 82.4. The maximum Gasteiger partial charge on any atom is 0.490 e. The number of alkyl carbamates (subject to hydrolysis) is 1. The number of carboxylic acid groups (broad SMARTS) is 1. The number of phosphoric ester groups is 1. The molecule has 0 radical (unpaired) electrons. The molecule has 1 fully saturated rings.